The van der Waals surface area contributed by atoms with Crippen LogP contribution < -0.4 is 5.32 Å². The minimum atomic E-state index is 0.0299. The van der Waals surface area contributed by atoms with E-state index in [0.717, 1.165) is 34.7 Å². The predicted molar refractivity (Wildman–Crippen MR) is 105 cm³/mol. The lowest BCUT2D eigenvalue weighted by Crippen LogP contribution is -2.42. The third-order valence-electron chi connectivity index (χ3n) is 5.13. The van der Waals surface area contributed by atoms with Gasteiger partial charge in [0.1, 0.15) is 5.82 Å². The first-order chi connectivity index (χ1) is 12.7. The summed E-state index contributed by atoms with van der Waals surface area (Å²) in [6.07, 6.45) is 3.60. The van der Waals surface area contributed by atoms with Gasteiger partial charge in [0.25, 0.3) is 0 Å². The minimum Gasteiger partial charge on any atom is -0.338 e. The monoisotopic (exact) mass is 348 g/mol. The van der Waals surface area contributed by atoms with E-state index >= 15 is 0 Å². The Hall–Kier alpha value is -2.66. The molecule has 26 heavy (non-hydrogen) atoms. The molecule has 0 spiro atoms. The lowest BCUT2D eigenvalue weighted by Gasteiger charge is -2.32. The Morgan fingerprint density at radius 2 is 2.00 bits per heavy atom. The molecule has 1 aliphatic heterocycles. The molecule has 1 aromatic heterocycles. The van der Waals surface area contributed by atoms with Crippen LogP contribution in [0.2, 0.25) is 0 Å². The number of carbonyl (C=O) groups is 1. The number of hydrogen-bond acceptors (Lipinski definition) is 3. The Morgan fingerprint density at radius 3 is 2.85 bits per heavy atom. The topological polar surface area (TPSA) is 61.0 Å². The second-order valence-electron chi connectivity index (χ2n) is 7.01. The maximum absolute atomic E-state index is 12.6. The van der Waals surface area contributed by atoms with E-state index in [1.54, 1.807) is 0 Å². The number of imidazole rings is 1. The molecule has 1 unspecified atom stereocenters. The number of aromatic amines is 1. The molecule has 1 amide bonds. The van der Waals surface area contributed by atoms with E-state index in [9.17, 15) is 4.79 Å². The van der Waals surface area contributed by atoms with Crippen molar-refractivity contribution in [3.63, 3.8) is 0 Å². The van der Waals surface area contributed by atoms with Crippen LogP contribution in [-0.2, 0) is 4.79 Å². The predicted octanol–water partition coefficient (Wildman–Crippen LogP) is 4.04. The summed E-state index contributed by atoms with van der Waals surface area (Å²) in [6.45, 7) is 3.64. The van der Waals surface area contributed by atoms with Crippen LogP contribution in [0.25, 0.3) is 22.4 Å². The zero-order valence-electron chi connectivity index (χ0n) is 15.0. The van der Waals surface area contributed by atoms with Crippen molar-refractivity contribution in [2.75, 3.05) is 18.4 Å². The number of aromatic nitrogens is 2. The van der Waals surface area contributed by atoms with Crippen molar-refractivity contribution in [1.82, 2.24) is 14.9 Å². The minimum absolute atomic E-state index is 0.0299. The summed E-state index contributed by atoms with van der Waals surface area (Å²) in [7, 11) is 0. The Balaban J connectivity index is 1.54. The molecule has 5 heteroatoms. The number of hydrogen-bond donors (Lipinski definition) is 2. The van der Waals surface area contributed by atoms with Crippen LogP contribution >= 0.6 is 0 Å². The molecule has 1 fully saturated rings. The zero-order chi connectivity index (χ0) is 17.9. The lowest BCUT2D eigenvalue weighted by molar-refractivity contribution is -0.118. The number of nitrogens with zero attached hydrogens (tertiary/aromatic N) is 2. The van der Waals surface area contributed by atoms with Gasteiger partial charge in [-0.05, 0) is 50.6 Å². The molecule has 1 saturated heterocycles. The third kappa shape index (κ3) is 3.48. The number of benzene rings is 2. The van der Waals surface area contributed by atoms with Crippen LogP contribution in [0, 0.1) is 0 Å². The van der Waals surface area contributed by atoms with Crippen molar-refractivity contribution in [3.05, 3.63) is 48.5 Å². The molecule has 1 atom stereocenters. The quantitative estimate of drug-likeness (QED) is 0.748. The van der Waals surface area contributed by atoms with Crippen LogP contribution in [-0.4, -0.2) is 39.9 Å². The van der Waals surface area contributed by atoms with E-state index in [2.05, 4.69) is 27.1 Å². The number of likely N-dealkylation sites (tertiary alicyclic amines) is 1. The summed E-state index contributed by atoms with van der Waals surface area (Å²) in [5.74, 6) is 0.802. The number of rotatable bonds is 4. The van der Waals surface area contributed by atoms with E-state index in [0.29, 0.717) is 12.6 Å². The fourth-order valence-electron chi connectivity index (χ4n) is 3.65. The molecule has 2 N–H and O–H groups in total. The van der Waals surface area contributed by atoms with Crippen molar-refractivity contribution in [2.45, 2.75) is 32.2 Å². The summed E-state index contributed by atoms with van der Waals surface area (Å²) >= 11 is 0. The standard InChI is InChI=1S/C21H24N4O/c1-15-8-6-7-13-25(15)14-20(26)22-17-10-3-2-9-16(17)21-23-18-11-4-5-12-19(18)24-21/h2-5,9-12,15H,6-8,13-14H2,1H3,(H,22,26)(H,23,24). The fourth-order valence-corrected chi connectivity index (χ4v) is 3.65. The van der Waals surface area contributed by atoms with E-state index in [-0.39, 0.29) is 5.91 Å². The maximum atomic E-state index is 12.6. The zero-order valence-corrected chi connectivity index (χ0v) is 15.0. The lowest BCUT2D eigenvalue weighted by atomic mass is 10.0. The number of piperidine rings is 1. The summed E-state index contributed by atoms with van der Waals surface area (Å²) in [6, 6.07) is 16.2. The number of amides is 1. The van der Waals surface area contributed by atoms with Crippen molar-refractivity contribution in [3.8, 4) is 11.4 Å². The van der Waals surface area contributed by atoms with Crippen molar-refractivity contribution in [2.24, 2.45) is 0 Å². The highest BCUT2D eigenvalue weighted by molar-refractivity contribution is 5.96. The highest BCUT2D eigenvalue weighted by Gasteiger charge is 2.21. The van der Waals surface area contributed by atoms with Crippen LogP contribution in [0.3, 0.4) is 0 Å². The Kier molecular flexibility index (Phi) is 4.71. The van der Waals surface area contributed by atoms with Gasteiger partial charge in [-0.3, -0.25) is 9.69 Å². The van der Waals surface area contributed by atoms with Gasteiger partial charge in [0, 0.05) is 11.6 Å². The first-order valence-electron chi connectivity index (χ1n) is 9.29. The number of fused-ring (bicyclic) bond motifs is 1. The second-order valence-corrected chi connectivity index (χ2v) is 7.01. The molecule has 0 aliphatic carbocycles. The maximum Gasteiger partial charge on any atom is 0.238 e. The molecule has 5 nitrogen and oxygen atoms in total. The molecule has 2 heterocycles. The van der Waals surface area contributed by atoms with Gasteiger partial charge in [-0.25, -0.2) is 4.98 Å². The molecular formula is C21H24N4O. The molecule has 3 aromatic rings. The smallest absolute Gasteiger partial charge is 0.238 e. The number of para-hydroxylation sites is 3. The summed E-state index contributed by atoms with van der Waals surface area (Å²) in [5, 5.41) is 3.08. The van der Waals surface area contributed by atoms with Gasteiger partial charge in [0.15, 0.2) is 0 Å². The average Bonchev–Trinajstić information content (AvgIpc) is 3.08. The van der Waals surface area contributed by atoms with Crippen LogP contribution in [0.1, 0.15) is 26.2 Å². The van der Waals surface area contributed by atoms with Crippen molar-refractivity contribution in [1.29, 1.82) is 0 Å². The summed E-state index contributed by atoms with van der Waals surface area (Å²) in [4.78, 5) is 22.9. The first kappa shape index (κ1) is 16.8. The highest BCUT2D eigenvalue weighted by atomic mass is 16.2. The van der Waals surface area contributed by atoms with Gasteiger partial charge in [-0.15, -0.1) is 0 Å². The molecule has 2 aromatic carbocycles. The summed E-state index contributed by atoms with van der Waals surface area (Å²) < 4.78 is 0. The number of carbonyl (C=O) groups excluding carboxylic acids is 1. The Morgan fingerprint density at radius 1 is 1.19 bits per heavy atom. The normalized spacial score (nSPS) is 18.1. The van der Waals surface area contributed by atoms with E-state index in [4.69, 9.17) is 0 Å². The highest BCUT2D eigenvalue weighted by Crippen LogP contribution is 2.27. The number of H-pyrrole nitrogens is 1. The van der Waals surface area contributed by atoms with E-state index < -0.39 is 0 Å². The Bertz CT molecular complexity index is 884. The molecule has 0 saturated carbocycles. The van der Waals surface area contributed by atoms with Gasteiger partial charge in [0.2, 0.25) is 5.91 Å². The molecule has 0 bridgehead atoms. The molecule has 1 aliphatic rings. The largest absolute Gasteiger partial charge is 0.338 e. The van der Waals surface area contributed by atoms with Crippen LogP contribution in [0.15, 0.2) is 48.5 Å². The van der Waals surface area contributed by atoms with Gasteiger partial charge < -0.3 is 10.3 Å². The summed E-state index contributed by atoms with van der Waals surface area (Å²) in [5.41, 5.74) is 3.61. The Labute approximate surface area is 153 Å². The fraction of sp³-hybridized carbons (Fsp3) is 0.333. The van der Waals surface area contributed by atoms with Crippen LogP contribution in [0.4, 0.5) is 5.69 Å². The van der Waals surface area contributed by atoms with Gasteiger partial charge >= 0.3 is 0 Å². The van der Waals surface area contributed by atoms with Gasteiger partial charge in [-0.2, -0.15) is 0 Å². The molecule has 134 valence electrons. The molecular weight excluding hydrogens is 324 g/mol. The van der Waals surface area contributed by atoms with Crippen molar-refractivity contribution >= 4 is 22.6 Å². The van der Waals surface area contributed by atoms with Crippen LogP contribution in [0.5, 0.6) is 0 Å². The number of anilines is 1. The van der Waals surface area contributed by atoms with E-state index in [1.807, 2.05) is 48.5 Å². The van der Waals surface area contributed by atoms with Crippen molar-refractivity contribution < 1.29 is 4.79 Å². The van der Waals surface area contributed by atoms with Gasteiger partial charge in [0.05, 0.1) is 23.3 Å². The number of nitrogens with one attached hydrogen (secondary N) is 2. The SMILES string of the molecule is CC1CCCCN1CC(=O)Nc1ccccc1-c1nc2ccccc2[nH]1. The first-order valence-corrected chi connectivity index (χ1v) is 9.29. The second kappa shape index (κ2) is 7.30. The average molecular weight is 348 g/mol. The van der Waals surface area contributed by atoms with Gasteiger partial charge in [-0.1, -0.05) is 30.7 Å². The van der Waals surface area contributed by atoms with E-state index in [1.165, 1.54) is 19.3 Å². The molecule has 4 rings (SSSR count). The molecule has 0 radical (unpaired) electrons. The third-order valence-corrected chi connectivity index (χ3v) is 5.13.